The lowest BCUT2D eigenvalue weighted by Gasteiger charge is -2.14. The molecule has 0 atom stereocenters. The smallest absolute Gasteiger partial charge is 0.339 e. The number of methoxy groups -OCH3 is 2. The van der Waals surface area contributed by atoms with E-state index in [0.29, 0.717) is 0 Å². The maximum Gasteiger partial charge on any atom is 0.339 e. The highest BCUT2D eigenvalue weighted by molar-refractivity contribution is 7.92. The van der Waals surface area contributed by atoms with E-state index in [1.165, 1.54) is 38.5 Å². The van der Waals surface area contributed by atoms with Crippen LogP contribution in [0.1, 0.15) is 15.9 Å². The molecule has 0 amide bonds. The van der Waals surface area contributed by atoms with E-state index in [4.69, 9.17) is 16.3 Å². The zero-order valence-electron chi connectivity index (χ0n) is 13.3. The van der Waals surface area contributed by atoms with Gasteiger partial charge in [-0.05, 0) is 42.8 Å². The average Bonchev–Trinajstić information content (AvgIpc) is 2.54. The van der Waals surface area contributed by atoms with Gasteiger partial charge in [-0.1, -0.05) is 17.7 Å². The summed E-state index contributed by atoms with van der Waals surface area (Å²) in [4.78, 5) is 11.8. The minimum absolute atomic E-state index is 0.0258. The molecule has 0 aliphatic heterocycles. The number of carbonyl (C=O) groups is 1. The maximum atomic E-state index is 12.7. The van der Waals surface area contributed by atoms with Gasteiger partial charge in [0.2, 0.25) is 0 Å². The summed E-state index contributed by atoms with van der Waals surface area (Å²) in [6.07, 6.45) is 0. The number of rotatable bonds is 5. The van der Waals surface area contributed by atoms with Crippen molar-refractivity contribution in [1.82, 2.24) is 0 Å². The van der Waals surface area contributed by atoms with Crippen LogP contribution in [0.25, 0.3) is 0 Å². The number of sulfonamides is 1. The molecule has 0 aliphatic rings. The van der Waals surface area contributed by atoms with Gasteiger partial charge in [0.05, 0.1) is 25.5 Å². The Balaban J connectivity index is 2.53. The standard InChI is InChI=1S/C16H16ClNO5S/c1-10-4-7-14(22-2)15(8-10)24(20,21)18-13-9-11(17)5-6-12(13)16(19)23-3/h4-9,18H,1-3H3. The van der Waals surface area contributed by atoms with Gasteiger partial charge in [-0.25, -0.2) is 13.2 Å². The Hall–Kier alpha value is -2.25. The largest absolute Gasteiger partial charge is 0.495 e. The van der Waals surface area contributed by atoms with Crippen LogP contribution >= 0.6 is 11.6 Å². The molecule has 2 aromatic carbocycles. The van der Waals surface area contributed by atoms with Crippen LogP contribution in [0.5, 0.6) is 5.75 Å². The van der Waals surface area contributed by atoms with Gasteiger partial charge in [0.1, 0.15) is 10.6 Å². The van der Waals surface area contributed by atoms with Gasteiger partial charge in [0.25, 0.3) is 10.0 Å². The predicted octanol–water partition coefficient (Wildman–Crippen LogP) is 3.24. The SMILES string of the molecule is COC(=O)c1ccc(Cl)cc1NS(=O)(=O)c1cc(C)ccc1OC. The number of carbonyl (C=O) groups excluding carboxylic acids is 1. The van der Waals surface area contributed by atoms with Crippen molar-refractivity contribution < 1.29 is 22.7 Å². The van der Waals surface area contributed by atoms with E-state index in [2.05, 4.69) is 9.46 Å². The van der Waals surface area contributed by atoms with Crippen molar-refractivity contribution in [3.63, 3.8) is 0 Å². The summed E-state index contributed by atoms with van der Waals surface area (Å²) in [5.41, 5.74) is 0.825. The van der Waals surface area contributed by atoms with E-state index in [-0.39, 0.29) is 26.9 Å². The molecule has 0 saturated heterocycles. The lowest BCUT2D eigenvalue weighted by Crippen LogP contribution is -2.17. The number of hydrogen-bond donors (Lipinski definition) is 1. The molecule has 0 radical (unpaired) electrons. The topological polar surface area (TPSA) is 81.7 Å². The molecule has 0 aliphatic carbocycles. The number of halogens is 1. The van der Waals surface area contributed by atoms with Crippen molar-refractivity contribution in [1.29, 1.82) is 0 Å². The van der Waals surface area contributed by atoms with Crippen LogP contribution in [0, 0.1) is 6.92 Å². The summed E-state index contributed by atoms with van der Waals surface area (Å²) in [5, 5.41) is 0.275. The van der Waals surface area contributed by atoms with Crippen LogP contribution in [0.3, 0.4) is 0 Å². The van der Waals surface area contributed by atoms with E-state index < -0.39 is 16.0 Å². The molecule has 0 heterocycles. The normalized spacial score (nSPS) is 11.0. The first-order valence-electron chi connectivity index (χ1n) is 6.84. The van der Waals surface area contributed by atoms with Gasteiger partial charge < -0.3 is 9.47 Å². The molecule has 128 valence electrons. The summed E-state index contributed by atoms with van der Waals surface area (Å²) in [5.74, 6) is -0.490. The van der Waals surface area contributed by atoms with Crippen molar-refractivity contribution in [3.8, 4) is 5.75 Å². The van der Waals surface area contributed by atoms with Crippen molar-refractivity contribution in [2.75, 3.05) is 18.9 Å². The van der Waals surface area contributed by atoms with E-state index in [9.17, 15) is 13.2 Å². The quantitative estimate of drug-likeness (QED) is 0.818. The fraction of sp³-hybridized carbons (Fsp3) is 0.188. The third-order valence-electron chi connectivity index (χ3n) is 3.24. The molecule has 24 heavy (non-hydrogen) atoms. The highest BCUT2D eigenvalue weighted by atomic mass is 35.5. The number of benzene rings is 2. The van der Waals surface area contributed by atoms with Crippen molar-refractivity contribution in [3.05, 3.63) is 52.5 Å². The lowest BCUT2D eigenvalue weighted by molar-refractivity contribution is 0.0602. The highest BCUT2D eigenvalue weighted by Gasteiger charge is 2.23. The third-order valence-corrected chi connectivity index (χ3v) is 4.86. The number of nitrogens with one attached hydrogen (secondary N) is 1. The Morgan fingerprint density at radius 2 is 1.83 bits per heavy atom. The van der Waals surface area contributed by atoms with Crippen LogP contribution in [0.2, 0.25) is 5.02 Å². The molecule has 0 fully saturated rings. The molecule has 2 rings (SSSR count). The van der Waals surface area contributed by atoms with Gasteiger partial charge in [-0.3, -0.25) is 4.72 Å². The molecule has 0 unspecified atom stereocenters. The number of ether oxygens (including phenoxy) is 2. The van der Waals surface area contributed by atoms with E-state index in [1.54, 1.807) is 19.1 Å². The van der Waals surface area contributed by atoms with Gasteiger partial charge in [0, 0.05) is 5.02 Å². The Morgan fingerprint density at radius 3 is 2.46 bits per heavy atom. The molecular formula is C16H16ClNO5S. The summed E-state index contributed by atoms with van der Waals surface area (Å²) in [6, 6.07) is 8.97. The number of aryl methyl sites for hydroxylation is 1. The monoisotopic (exact) mass is 369 g/mol. The molecule has 6 nitrogen and oxygen atoms in total. The second-order valence-electron chi connectivity index (χ2n) is 4.94. The van der Waals surface area contributed by atoms with Crippen molar-refractivity contribution in [2.45, 2.75) is 11.8 Å². The second kappa shape index (κ2) is 7.11. The highest BCUT2D eigenvalue weighted by Crippen LogP contribution is 2.29. The molecule has 1 N–H and O–H groups in total. The number of esters is 1. The summed E-state index contributed by atoms with van der Waals surface area (Å²) in [6.45, 7) is 1.76. The summed E-state index contributed by atoms with van der Waals surface area (Å²) in [7, 11) is -1.42. The lowest BCUT2D eigenvalue weighted by atomic mass is 10.2. The second-order valence-corrected chi connectivity index (χ2v) is 7.03. The van der Waals surface area contributed by atoms with Gasteiger partial charge in [-0.2, -0.15) is 0 Å². The molecule has 8 heteroatoms. The summed E-state index contributed by atoms with van der Waals surface area (Å²) < 4.78 is 37.6. The number of hydrogen-bond acceptors (Lipinski definition) is 5. The zero-order chi connectivity index (χ0) is 17.9. The van der Waals surface area contributed by atoms with E-state index in [0.717, 1.165) is 5.56 Å². The summed E-state index contributed by atoms with van der Waals surface area (Å²) >= 11 is 5.91. The molecule has 0 saturated carbocycles. The Morgan fingerprint density at radius 1 is 1.12 bits per heavy atom. The van der Waals surface area contributed by atoms with Crippen molar-refractivity contribution >= 4 is 33.3 Å². The molecule has 0 bridgehead atoms. The van der Waals surface area contributed by atoms with Crippen LogP contribution in [0.4, 0.5) is 5.69 Å². The Kier molecular flexibility index (Phi) is 5.36. The Labute approximate surface area is 145 Å². The average molecular weight is 370 g/mol. The fourth-order valence-electron chi connectivity index (χ4n) is 2.08. The number of anilines is 1. The third kappa shape index (κ3) is 3.80. The first-order valence-corrected chi connectivity index (χ1v) is 8.70. The van der Waals surface area contributed by atoms with Gasteiger partial charge in [0.15, 0.2) is 0 Å². The first kappa shape index (κ1) is 18.1. The van der Waals surface area contributed by atoms with Crippen LogP contribution in [-0.2, 0) is 14.8 Å². The minimum atomic E-state index is -4.00. The molecule has 0 spiro atoms. The zero-order valence-corrected chi connectivity index (χ0v) is 14.9. The molecule has 2 aromatic rings. The maximum absolute atomic E-state index is 12.7. The van der Waals surface area contributed by atoms with Gasteiger partial charge in [-0.15, -0.1) is 0 Å². The molecule has 0 aromatic heterocycles. The van der Waals surface area contributed by atoms with Crippen LogP contribution in [-0.4, -0.2) is 28.6 Å². The predicted molar refractivity (Wildman–Crippen MR) is 91.3 cm³/mol. The van der Waals surface area contributed by atoms with Crippen LogP contribution < -0.4 is 9.46 Å². The van der Waals surface area contributed by atoms with Gasteiger partial charge >= 0.3 is 5.97 Å². The minimum Gasteiger partial charge on any atom is -0.495 e. The van der Waals surface area contributed by atoms with Crippen molar-refractivity contribution in [2.24, 2.45) is 0 Å². The first-order chi connectivity index (χ1) is 11.3. The van der Waals surface area contributed by atoms with E-state index >= 15 is 0 Å². The van der Waals surface area contributed by atoms with Crippen LogP contribution in [0.15, 0.2) is 41.3 Å². The molecular weight excluding hydrogens is 354 g/mol. The fourth-order valence-corrected chi connectivity index (χ4v) is 3.58. The van der Waals surface area contributed by atoms with E-state index in [1.807, 2.05) is 0 Å². The Bertz CT molecular complexity index is 880.